The molecule has 5 heteroatoms. The van der Waals surface area contributed by atoms with Gasteiger partial charge < -0.3 is 16.2 Å². The second-order valence-corrected chi connectivity index (χ2v) is 3.92. The largest absolute Gasteiger partial charge is 0.480 e. The average molecular weight is 200 g/mol. The lowest BCUT2D eigenvalue weighted by Gasteiger charge is -2.22. The second-order valence-electron chi connectivity index (χ2n) is 3.92. The number of rotatable bonds is 4. The Kier molecular flexibility index (Phi) is 3.46. The summed E-state index contributed by atoms with van der Waals surface area (Å²) < 4.78 is 0. The molecule has 0 heterocycles. The number of carboxylic acid groups (broad SMARTS) is 1. The first-order valence-corrected chi connectivity index (χ1v) is 4.79. The molecule has 1 saturated carbocycles. The maximum Gasteiger partial charge on any atom is 0.322 e. The minimum atomic E-state index is -1.03. The van der Waals surface area contributed by atoms with E-state index < -0.39 is 11.5 Å². The monoisotopic (exact) mass is 200 g/mol. The molecule has 4 N–H and O–H groups in total. The zero-order valence-corrected chi connectivity index (χ0v) is 8.08. The molecule has 0 bridgehead atoms. The van der Waals surface area contributed by atoms with Crippen LogP contribution >= 0.6 is 0 Å². The molecule has 1 fully saturated rings. The van der Waals surface area contributed by atoms with Gasteiger partial charge in [-0.25, -0.2) is 0 Å². The topological polar surface area (TPSA) is 92.4 Å². The fourth-order valence-corrected chi connectivity index (χ4v) is 1.81. The molecule has 1 amide bonds. The maximum absolute atomic E-state index is 11.3. The van der Waals surface area contributed by atoms with Crippen molar-refractivity contribution in [1.29, 1.82) is 0 Å². The molecule has 1 aliphatic carbocycles. The van der Waals surface area contributed by atoms with E-state index in [9.17, 15) is 9.59 Å². The van der Waals surface area contributed by atoms with E-state index in [0.29, 0.717) is 0 Å². The predicted octanol–water partition coefficient (Wildman–Crippen LogP) is -0.151. The third-order valence-electron chi connectivity index (χ3n) is 2.55. The normalized spacial score (nSPS) is 19.2. The molecule has 0 saturated heterocycles. The van der Waals surface area contributed by atoms with Crippen LogP contribution in [0.3, 0.4) is 0 Å². The van der Waals surface area contributed by atoms with Gasteiger partial charge in [0.05, 0.1) is 0 Å². The molecule has 5 nitrogen and oxygen atoms in total. The number of carbonyl (C=O) groups excluding carboxylic acids is 1. The predicted molar refractivity (Wildman–Crippen MR) is 50.6 cm³/mol. The first kappa shape index (κ1) is 11.0. The summed E-state index contributed by atoms with van der Waals surface area (Å²) in [7, 11) is 0. The summed E-state index contributed by atoms with van der Waals surface area (Å²) in [6.07, 6.45) is 4.06. The Bertz CT molecular complexity index is 234. The molecule has 0 aliphatic heterocycles. The number of nitrogens with one attached hydrogen (secondary N) is 1. The van der Waals surface area contributed by atoms with Crippen LogP contribution in [-0.2, 0) is 9.59 Å². The van der Waals surface area contributed by atoms with E-state index in [4.69, 9.17) is 10.8 Å². The van der Waals surface area contributed by atoms with Crippen molar-refractivity contribution in [2.24, 2.45) is 5.73 Å². The quantitative estimate of drug-likeness (QED) is 0.588. The van der Waals surface area contributed by atoms with Crippen molar-refractivity contribution < 1.29 is 14.7 Å². The Labute approximate surface area is 82.7 Å². The highest BCUT2D eigenvalue weighted by atomic mass is 16.4. The molecule has 1 rings (SSSR count). The van der Waals surface area contributed by atoms with Crippen LogP contribution in [0.15, 0.2) is 0 Å². The van der Waals surface area contributed by atoms with Crippen molar-refractivity contribution in [3.05, 3.63) is 0 Å². The number of amides is 1. The standard InChI is InChI=1S/C9H16N2O3/c10-9(3-1-2-4-9)5-7(12)11-6-8(13)14/h1-6,10H2,(H,11,12)(H,13,14). The van der Waals surface area contributed by atoms with Gasteiger partial charge in [0.1, 0.15) is 6.54 Å². The molecular weight excluding hydrogens is 184 g/mol. The van der Waals surface area contributed by atoms with Gasteiger partial charge in [0.25, 0.3) is 0 Å². The van der Waals surface area contributed by atoms with Crippen LogP contribution in [0, 0.1) is 0 Å². The number of carboxylic acids is 1. The molecule has 0 radical (unpaired) electrons. The second kappa shape index (κ2) is 4.41. The lowest BCUT2D eigenvalue weighted by atomic mass is 9.94. The highest BCUT2D eigenvalue weighted by molar-refractivity contribution is 5.81. The van der Waals surface area contributed by atoms with Crippen molar-refractivity contribution in [2.45, 2.75) is 37.6 Å². The van der Waals surface area contributed by atoms with Crippen LogP contribution in [0.25, 0.3) is 0 Å². The van der Waals surface area contributed by atoms with E-state index in [1.165, 1.54) is 0 Å². The van der Waals surface area contributed by atoms with Gasteiger partial charge in [0, 0.05) is 12.0 Å². The SMILES string of the molecule is NC1(CC(=O)NCC(=O)O)CCCC1. The van der Waals surface area contributed by atoms with Gasteiger partial charge in [0.2, 0.25) is 5.91 Å². The Balaban J connectivity index is 2.29. The molecule has 0 atom stereocenters. The Morgan fingerprint density at radius 3 is 2.43 bits per heavy atom. The zero-order valence-electron chi connectivity index (χ0n) is 8.08. The van der Waals surface area contributed by atoms with Crippen LogP contribution in [-0.4, -0.2) is 29.1 Å². The Morgan fingerprint density at radius 1 is 1.36 bits per heavy atom. The van der Waals surface area contributed by atoms with E-state index >= 15 is 0 Å². The number of aliphatic carboxylic acids is 1. The van der Waals surface area contributed by atoms with Crippen molar-refractivity contribution in [3.63, 3.8) is 0 Å². The van der Waals surface area contributed by atoms with Gasteiger partial charge in [-0.2, -0.15) is 0 Å². The zero-order chi connectivity index (χ0) is 10.6. The molecule has 0 spiro atoms. The third-order valence-corrected chi connectivity index (χ3v) is 2.55. The van der Waals surface area contributed by atoms with Gasteiger partial charge in [-0.15, -0.1) is 0 Å². The van der Waals surface area contributed by atoms with Crippen LogP contribution in [0.4, 0.5) is 0 Å². The van der Waals surface area contributed by atoms with E-state index in [0.717, 1.165) is 25.7 Å². The number of hydrogen-bond acceptors (Lipinski definition) is 3. The summed E-state index contributed by atoms with van der Waals surface area (Å²) in [6, 6.07) is 0. The van der Waals surface area contributed by atoms with E-state index in [2.05, 4.69) is 5.32 Å². The molecule has 0 unspecified atom stereocenters. The number of nitrogens with two attached hydrogens (primary N) is 1. The summed E-state index contributed by atoms with van der Waals surface area (Å²) in [6.45, 7) is -0.324. The van der Waals surface area contributed by atoms with E-state index in [1.807, 2.05) is 0 Å². The summed E-state index contributed by atoms with van der Waals surface area (Å²) in [5.74, 6) is -1.30. The van der Waals surface area contributed by atoms with Crippen LogP contribution in [0.1, 0.15) is 32.1 Å². The first-order chi connectivity index (χ1) is 6.52. The van der Waals surface area contributed by atoms with Crippen LogP contribution in [0.5, 0.6) is 0 Å². The van der Waals surface area contributed by atoms with Crippen molar-refractivity contribution in [2.75, 3.05) is 6.54 Å². The van der Waals surface area contributed by atoms with Crippen molar-refractivity contribution in [1.82, 2.24) is 5.32 Å². The fourth-order valence-electron chi connectivity index (χ4n) is 1.81. The molecule has 80 valence electrons. The fraction of sp³-hybridized carbons (Fsp3) is 0.778. The minimum absolute atomic E-state index is 0.236. The summed E-state index contributed by atoms with van der Waals surface area (Å²) in [5.41, 5.74) is 5.56. The van der Waals surface area contributed by atoms with Crippen LogP contribution in [0.2, 0.25) is 0 Å². The first-order valence-electron chi connectivity index (χ1n) is 4.79. The molecule has 0 aromatic heterocycles. The Morgan fingerprint density at radius 2 is 1.93 bits per heavy atom. The smallest absolute Gasteiger partial charge is 0.322 e. The van der Waals surface area contributed by atoms with E-state index in [-0.39, 0.29) is 18.9 Å². The lowest BCUT2D eigenvalue weighted by molar-refractivity contribution is -0.138. The van der Waals surface area contributed by atoms with Gasteiger partial charge in [0.15, 0.2) is 0 Å². The van der Waals surface area contributed by atoms with Gasteiger partial charge in [-0.3, -0.25) is 9.59 Å². The highest BCUT2D eigenvalue weighted by Gasteiger charge is 2.31. The van der Waals surface area contributed by atoms with Crippen LogP contribution < -0.4 is 11.1 Å². The molecule has 0 aromatic carbocycles. The number of hydrogen-bond donors (Lipinski definition) is 3. The van der Waals surface area contributed by atoms with Crippen molar-refractivity contribution in [3.8, 4) is 0 Å². The molecule has 14 heavy (non-hydrogen) atoms. The molecule has 1 aliphatic rings. The maximum atomic E-state index is 11.3. The van der Waals surface area contributed by atoms with Crippen molar-refractivity contribution >= 4 is 11.9 Å². The van der Waals surface area contributed by atoms with Gasteiger partial charge in [-0.05, 0) is 12.8 Å². The third kappa shape index (κ3) is 3.33. The average Bonchev–Trinajstić information content (AvgIpc) is 2.48. The van der Waals surface area contributed by atoms with Gasteiger partial charge >= 0.3 is 5.97 Å². The van der Waals surface area contributed by atoms with E-state index in [1.54, 1.807) is 0 Å². The summed E-state index contributed by atoms with van der Waals surface area (Å²) in [4.78, 5) is 21.4. The Hall–Kier alpha value is -1.10. The molecular formula is C9H16N2O3. The number of carbonyl (C=O) groups is 2. The summed E-state index contributed by atoms with van der Waals surface area (Å²) in [5, 5.41) is 10.7. The highest BCUT2D eigenvalue weighted by Crippen LogP contribution is 2.29. The lowest BCUT2D eigenvalue weighted by Crippen LogP contribution is -2.43. The minimum Gasteiger partial charge on any atom is -0.480 e. The van der Waals surface area contributed by atoms with Gasteiger partial charge in [-0.1, -0.05) is 12.8 Å². The molecule has 0 aromatic rings. The summed E-state index contributed by atoms with van der Waals surface area (Å²) >= 11 is 0.